The Kier molecular flexibility index (Phi) is 5.25. The number of hydrogen-bond donors (Lipinski definition) is 1. The van der Waals surface area contributed by atoms with Gasteiger partial charge in [-0.15, -0.1) is 11.3 Å². The van der Waals surface area contributed by atoms with Crippen molar-refractivity contribution in [2.75, 3.05) is 23.0 Å². The SMILES string of the molecule is Cc1nc(-c2ccc3c(c2)CCN3C(=O)CSc2nc(-c3ccccc3)cn2N)cs1. The van der Waals surface area contributed by atoms with E-state index < -0.39 is 0 Å². The second-order valence-corrected chi connectivity index (χ2v) is 9.37. The van der Waals surface area contributed by atoms with Gasteiger partial charge in [0, 0.05) is 28.7 Å². The van der Waals surface area contributed by atoms with Crippen molar-refractivity contribution in [2.24, 2.45) is 0 Å². The molecule has 4 aromatic rings. The number of hydrogen-bond acceptors (Lipinski definition) is 6. The van der Waals surface area contributed by atoms with Crippen molar-refractivity contribution < 1.29 is 4.79 Å². The van der Waals surface area contributed by atoms with E-state index in [2.05, 4.69) is 21.4 Å². The van der Waals surface area contributed by atoms with Gasteiger partial charge in [0.15, 0.2) is 5.16 Å². The number of rotatable bonds is 5. The summed E-state index contributed by atoms with van der Waals surface area (Å²) < 4.78 is 1.49. The summed E-state index contributed by atoms with van der Waals surface area (Å²) in [5.74, 6) is 6.42. The number of fused-ring (bicyclic) bond motifs is 1. The molecular weight excluding hydrogens is 426 g/mol. The number of anilines is 1. The minimum Gasteiger partial charge on any atom is -0.337 e. The number of nitrogens with two attached hydrogens (primary N) is 1. The van der Waals surface area contributed by atoms with Crippen molar-refractivity contribution in [3.8, 4) is 22.5 Å². The van der Waals surface area contributed by atoms with Crippen molar-refractivity contribution >= 4 is 34.7 Å². The third-order valence-electron chi connectivity index (χ3n) is 5.28. The largest absolute Gasteiger partial charge is 0.337 e. The summed E-state index contributed by atoms with van der Waals surface area (Å²) in [4.78, 5) is 24.0. The van der Waals surface area contributed by atoms with Crippen LogP contribution in [0.5, 0.6) is 0 Å². The molecule has 0 radical (unpaired) electrons. The van der Waals surface area contributed by atoms with Crippen LogP contribution in [0.25, 0.3) is 22.5 Å². The summed E-state index contributed by atoms with van der Waals surface area (Å²) in [5.41, 5.74) is 6.07. The molecule has 0 saturated carbocycles. The number of aromatic nitrogens is 3. The van der Waals surface area contributed by atoms with E-state index in [1.165, 1.54) is 22.0 Å². The van der Waals surface area contributed by atoms with Crippen LogP contribution in [-0.2, 0) is 11.2 Å². The lowest BCUT2D eigenvalue weighted by Gasteiger charge is -2.17. The van der Waals surface area contributed by atoms with Gasteiger partial charge in [0.1, 0.15) is 0 Å². The third-order valence-corrected chi connectivity index (χ3v) is 7.01. The zero-order valence-electron chi connectivity index (χ0n) is 17.0. The summed E-state index contributed by atoms with van der Waals surface area (Å²) in [6.45, 7) is 2.70. The molecule has 3 heterocycles. The topological polar surface area (TPSA) is 77.0 Å². The number of carbonyl (C=O) groups excluding carboxylic acids is 1. The number of nitrogen functional groups attached to an aromatic ring is 1. The average Bonchev–Trinajstić information content (AvgIpc) is 3.50. The fourth-order valence-corrected chi connectivity index (χ4v) is 5.15. The summed E-state index contributed by atoms with van der Waals surface area (Å²) in [6, 6.07) is 16.1. The van der Waals surface area contributed by atoms with E-state index in [1.54, 1.807) is 17.5 Å². The van der Waals surface area contributed by atoms with Crippen LogP contribution in [0.3, 0.4) is 0 Å². The molecule has 0 spiro atoms. The third kappa shape index (κ3) is 3.96. The summed E-state index contributed by atoms with van der Waals surface area (Å²) in [6.07, 6.45) is 2.64. The standard InChI is InChI=1S/C23H21N5OS2/c1-15-25-20(13-30-15)17-7-8-21-18(11-17)9-10-27(21)22(29)14-31-23-26-19(12-28(23)24)16-5-3-2-4-6-16/h2-8,11-13H,9-10,14,24H2,1H3. The highest BCUT2D eigenvalue weighted by atomic mass is 32.2. The lowest BCUT2D eigenvalue weighted by atomic mass is 10.1. The van der Waals surface area contributed by atoms with Crippen LogP contribution in [-0.4, -0.2) is 32.8 Å². The smallest absolute Gasteiger partial charge is 0.237 e. The van der Waals surface area contributed by atoms with Crippen LogP contribution in [0.1, 0.15) is 10.6 Å². The van der Waals surface area contributed by atoms with E-state index in [0.29, 0.717) is 11.7 Å². The first-order chi connectivity index (χ1) is 15.1. The first kappa shape index (κ1) is 19.8. The molecule has 5 rings (SSSR count). The van der Waals surface area contributed by atoms with Gasteiger partial charge in [-0.3, -0.25) is 4.79 Å². The van der Waals surface area contributed by atoms with Gasteiger partial charge >= 0.3 is 0 Å². The van der Waals surface area contributed by atoms with Crippen LogP contribution in [0.15, 0.2) is 65.3 Å². The maximum atomic E-state index is 12.9. The molecule has 0 saturated heterocycles. The molecule has 1 aliphatic rings. The Morgan fingerprint density at radius 3 is 2.74 bits per heavy atom. The molecule has 0 fully saturated rings. The highest BCUT2D eigenvalue weighted by Crippen LogP contribution is 2.33. The Morgan fingerprint density at radius 2 is 1.97 bits per heavy atom. The molecule has 0 bridgehead atoms. The Bertz CT molecular complexity index is 1250. The molecule has 0 atom stereocenters. The predicted octanol–water partition coefficient (Wildman–Crippen LogP) is 4.38. The lowest BCUT2D eigenvalue weighted by Crippen LogP contribution is -2.30. The van der Waals surface area contributed by atoms with Gasteiger partial charge in [0.25, 0.3) is 0 Å². The molecule has 156 valence electrons. The van der Waals surface area contributed by atoms with Gasteiger partial charge in [0.2, 0.25) is 5.91 Å². The van der Waals surface area contributed by atoms with Crippen molar-refractivity contribution in [2.45, 2.75) is 18.5 Å². The van der Waals surface area contributed by atoms with Crippen LogP contribution in [0.2, 0.25) is 0 Å². The first-order valence-electron chi connectivity index (χ1n) is 9.97. The number of nitrogens with zero attached hydrogens (tertiary/aromatic N) is 4. The molecule has 31 heavy (non-hydrogen) atoms. The molecular formula is C23H21N5OS2. The maximum absolute atomic E-state index is 12.9. The number of thiazole rings is 1. The van der Waals surface area contributed by atoms with Crippen molar-refractivity contribution in [3.05, 3.63) is 70.7 Å². The molecule has 0 aliphatic carbocycles. The zero-order valence-corrected chi connectivity index (χ0v) is 18.6. The van der Waals surface area contributed by atoms with E-state index in [0.717, 1.165) is 39.6 Å². The monoisotopic (exact) mass is 447 g/mol. The fourth-order valence-electron chi connectivity index (χ4n) is 3.75. The molecule has 1 amide bonds. The van der Waals surface area contributed by atoms with Crippen LogP contribution >= 0.6 is 23.1 Å². The highest BCUT2D eigenvalue weighted by molar-refractivity contribution is 7.99. The number of imidazole rings is 1. The van der Waals surface area contributed by atoms with E-state index >= 15 is 0 Å². The van der Waals surface area contributed by atoms with Gasteiger partial charge in [-0.1, -0.05) is 48.2 Å². The summed E-state index contributed by atoms with van der Waals surface area (Å²) >= 11 is 3.01. The predicted molar refractivity (Wildman–Crippen MR) is 127 cm³/mol. The Labute approximate surface area is 188 Å². The molecule has 0 unspecified atom stereocenters. The molecule has 6 nitrogen and oxygen atoms in total. The van der Waals surface area contributed by atoms with E-state index in [-0.39, 0.29) is 11.7 Å². The van der Waals surface area contributed by atoms with E-state index in [1.807, 2.05) is 54.3 Å². The Hall–Kier alpha value is -3.10. The van der Waals surface area contributed by atoms with Gasteiger partial charge in [-0.2, -0.15) is 0 Å². The van der Waals surface area contributed by atoms with E-state index in [9.17, 15) is 4.79 Å². The fraction of sp³-hybridized carbons (Fsp3) is 0.174. The first-order valence-corrected chi connectivity index (χ1v) is 11.8. The Morgan fingerprint density at radius 1 is 1.13 bits per heavy atom. The minimum atomic E-state index is 0.0604. The number of carbonyl (C=O) groups is 1. The minimum absolute atomic E-state index is 0.0604. The quantitative estimate of drug-likeness (QED) is 0.363. The number of benzene rings is 2. The maximum Gasteiger partial charge on any atom is 0.237 e. The average molecular weight is 448 g/mol. The number of amides is 1. The molecule has 1 aliphatic heterocycles. The second-order valence-electron chi connectivity index (χ2n) is 7.36. The lowest BCUT2D eigenvalue weighted by molar-refractivity contribution is -0.116. The van der Waals surface area contributed by atoms with E-state index in [4.69, 9.17) is 5.84 Å². The summed E-state index contributed by atoms with van der Waals surface area (Å²) in [7, 11) is 0. The molecule has 8 heteroatoms. The van der Waals surface area contributed by atoms with Crippen LogP contribution in [0.4, 0.5) is 5.69 Å². The van der Waals surface area contributed by atoms with Crippen LogP contribution in [0, 0.1) is 6.92 Å². The van der Waals surface area contributed by atoms with Crippen molar-refractivity contribution in [1.82, 2.24) is 14.6 Å². The van der Waals surface area contributed by atoms with Gasteiger partial charge in [-0.25, -0.2) is 14.6 Å². The Balaban J connectivity index is 1.28. The number of thioether (sulfide) groups is 1. The summed E-state index contributed by atoms with van der Waals surface area (Å²) in [5, 5.41) is 3.75. The van der Waals surface area contributed by atoms with Gasteiger partial charge in [0.05, 0.1) is 28.3 Å². The molecule has 2 aromatic heterocycles. The van der Waals surface area contributed by atoms with Crippen molar-refractivity contribution in [3.63, 3.8) is 0 Å². The van der Waals surface area contributed by atoms with Crippen molar-refractivity contribution in [1.29, 1.82) is 0 Å². The normalized spacial score (nSPS) is 12.9. The highest BCUT2D eigenvalue weighted by Gasteiger charge is 2.25. The number of aryl methyl sites for hydroxylation is 1. The van der Waals surface area contributed by atoms with Crippen LogP contribution < -0.4 is 10.7 Å². The molecule has 2 aromatic carbocycles. The second kappa shape index (κ2) is 8.20. The molecule has 2 N–H and O–H groups in total. The zero-order chi connectivity index (χ0) is 21.4. The van der Waals surface area contributed by atoms with Gasteiger partial charge in [-0.05, 0) is 31.0 Å². The van der Waals surface area contributed by atoms with Gasteiger partial charge < -0.3 is 10.7 Å².